The molecule has 0 aromatic heterocycles. The largest absolute Gasteiger partial charge is 0.494 e. The number of nitrogens with one attached hydrogen (secondary N) is 1. The van der Waals surface area contributed by atoms with Gasteiger partial charge in [0.25, 0.3) is 0 Å². The van der Waals surface area contributed by atoms with E-state index in [2.05, 4.69) is 5.32 Å². The number of methoxy groups -OCH3 is 1. The minimum Gasteiger partial charge on any atom is -0.494 e. The lowest BCUT2D eigenvalue weighted by Gasteiger charge is -2.40. The Kier molecular flexibility index (Phi) is 7.89. The van der Waals surface area contributed by atoms with E-state index in [1.165, 1.54) is 7.11 Å². The number of ether oxygens (including phenoxy) is 2. The van der Waals surface area contributed by atoms with Crippen molar-refractivity contribution in [1.82, 2.24) is 10.2 Å². The molecule has 7 nitrogen and oxygen atoms in total. The molecule has 0 unspecified atom stereocenters. The maximum absolute atomic E-state index is 13.9. The molecule has 1 aromatic rings. The van der Waals surface area contributed by atoms with Crippen LogP contribution in [0.15, 0.2) is 18.2 Å². The van der Waals surface area contributed by atoms with Gasteiger partial charge >= 0.3 is 5.97 Å². The van der Waals surface area contributed by atoms with Crippen LogP contribution in [0.4, 0.5) is 0 Å². The van der Waals surface area contributed by atoms with Crippen molar-refractivity contribution < 1.29 is 23.9 Å². The van der Waals surface area contributed by atoms with Gasteiger partial charge in [-0.1, -0.05) is 38.2 Å². The third-order valence-electron chi connectivity index (χ3n) is 7.33. The van der Waals surface area contributed by atoms with E-state index in [0.29, 0.717) is 26.0 Å². The molecule has 1 N–H and O–H groups in total. The minimum absolute atomic E-state index is 0.0726. The van der Waals surface area contributed by atoms with E-state index >= 15 is 0 Å². The Labute approximate surface area is 196 Å². The first-order valence-corrected chi connectivity index (χ1v) is 12.5. The van der Waals surface area contributed by atoms with Gasteiger partial charge in [-0.3, -0.25) is 9.59 Å². The SMILES string of the molecule is COC(=O)[C@@H]1Cc2ccc3cc2CN1C(=O)[C@H](C1CCCCC1)NC(=O)CCCCCCO3. The van der Waals surface area contributed by atoms with Crippen molar-refractivity contribution in [3.05, 3.63) is 29.3 Å². The van der Waals surface area contributed by atoms with Crippen molar-refractivity contribution >= 4 is 17.8 Å². The molecular formula is C26H36N2O5. The van der Waals surface area contributed by atoms with Gasteiger partial charge in [-0.2, -0.15) is 0 Å². The Morgan fingerprint density at radius 2 is 1.79 bits per heavy atom. The van der Waals surface area contributed by atoms with Crippen molar-refractivity contribution in [3.8, 4) is 5.75 Å². The second kappa shape index (κ2) is 11.0. The fourth-order valence-corrected chi connectivity index (χ4v) is 5.43. The number of esters is 1. The van der Waals surface area contributed by atoms with Gasteiger partial charge in [0.1, 0.15) is 17.8 Å². The molecule has 2 heterocycles. The molecule has 1 saturated carbocycles. The van der Waals surface area contributed by atoms with E-state index < -0.39 is 18.1 Å². The van der Waals surface area contributed by atoms with Gasteiger partial charge in [0.2, 0.25) is 11.8 Å². The highest BCUT2D eigenvalue weighted by Gasteiger charge is 2.41. The highest BCUT2D eigenvalue weighted by Crippen LogP contribution is 2.32. The summed E-state index contributed by atoms with van der Waals surface area (Å²) >= 11 is 0. The van der Waals surface area contributed by atoms with E-state index in [4.69, 9.17) is 9.47 Å². The van der Waals surface area contributed by atoms with Gasteiger partial charge in [0, 0.05) is 19.4 Å². The summed E-state index contributed by atoms with van der Waals surface area (Å²) in [5.74, 6) is 0.231. The van der Waals surface area contributed by atoms with Crippen LogP contribution in [0.3, 0.4) is 0 Å². The summed E-state index contributed by atoms with van der Waals surface area (Å²) in [6.45, 7) is 0.937. The summed E-state index contributed by atoms with van der Waals surface area (Å²) in [6.07, 6.45) is 9.66. The zero-order chi connectivity index (χ0) is 23.2. The van der Waals surface area contributed by atoms with Crippen molar-refractivity contribution in [2.75, 3.05) is 13.7 Å². The Balaban J connectivity index is 1.68. The zero-order valence-electron chi connectivity index (χ0n) is 19.6. The number of benzene rings is 1. The molecule has 2 aliphatic heterocycles. The highest BCUT2D eigenvalue weighted by atomic mass is 16.5. The lowest BCUT2D eigenvalue weighted by atomic mass is 9.82. The van der Waals surface area contributed by atoms with Crippen LogP contribution in [0.2, 0.25) is 0 Å². The minimum atomic E-state index is -0.691. The zero-order valence-corrected chi connectivity index (χ0v) is 19.6. The standard InChI is InChI=1S/C26H36N2O5/c1-32-26(31)22-16-19-12-13-21-15-20(19)17-28(22)25(30)24(18-9-5-4-6-10-18)27-23(29)11-7-2-3-8-14-33-21/h12-13,15,18,22,24H,2-11,14,16-17H2,1H3,(H,27,29)/t22-,24-/m0/s1. The highest BCUT2D eigenvalue weighted by molar-refractivity contribution is 5.91. The van der Waals surface area contributed by atoms with Gasteiger partial charge in [-0.05, 0) is 54.9 Å². The lowest BCUT2D eigenvalue weighted by Crippen LogP contribution is -2.58. The first kappa shape index (κ1) is 23.6. The predicted molar refractivity (Wildman–Crippen MR) is 124 cm³/mol. The summed E-state index contributed by atoms with van der Waals surface area (Å²) in [4.78, 5) is 41.1. The van der Waals surface area contributed by atoms with Crippen LogP contribution in [-0.4, -0.2) is 48.5 Å². The average molecular weight is 457 g/mol. The molecule has 2 atom stereocenters. The molecule has 0 spiro atoms. The molecule has 3 bridgehead atoms. The molecule has 33 heavy (non-hydrogen) atoms. The van der Waals surface area contributed by atoms with Crippen LogP contribution in [0.25, 0.3) is 0 Å². The molecule has 180 valence electrons. The van der Waals surface area contributed by atoms with Crippen LogP contribution in [0.5, 0.6) is 5.75 Å². The van der Waals surface area contributed by atoms with Crippen LogP contribution < -0.4 is 10.1 Å². The van der Waals surface area contributed by atoms with Gasteiger partial charge in [-0.15, -0.1) is 0 Å². The number of nitrogens with zero attached hydrogens (tertiary/aromatic N) is 1. The molecule has 4 rings (SSSR count). The van der Waals surface area contributed by atoms with E-state index in [-0.39, 0.29) is 17.7 Å². The number of fused-ring (bicyclic) bond motifs is 2. The van der Waals surface area contributed by atoms with Gasteiger partial charge in [0.15, 0.2) is 0 Å². The maximum atomic E-state index is 13.9. The molecule has 2 amide bonds. The lowest BCUT2D eigenvalue weighted by molar-refractivity contribution is -0.155. The van der Waals surface area contributed by atoms with Gasteiger partial charge in [-0.25, -0.2) is 4.79 Å². The van der Waals surface area contributed by atoms with Crippen LogP contribution in [-0.2, 0) is 32.1 Å². The Morgan fingerprint density at radius 1 is 1.03 bits per heavy atom. The maximum Gasteiger partial charge on any atom is 0.328 e. The number of amides is 2. The molecule has 1 aromatic carbocycles. The van der Waals surface area contributed by atoms with Crippen molar-refractivity contribution in [2.45, 2.75) is 89.3 Å². The second-order valence-corrected chi connectivity index (χ2v) is 9.60. The van der Waals surface area contributed by atoms with E-state index in [0.717, 1.165) is 74.7 Å². The average Bonchev–Trinajstić information content (AvgIpc) is 2.85. The number of carbonyl (C=O) groups excluding carboxylic acids is 3. The van der Waals surface area contributed by atoms with Crippen molar-refractivity contribution in [3.63, 3.8) is 0 Å². The molecular weight excluding hydrogens is 420 g/mol. The molecule has 0 saturated heterocycles. The monoisotopic (exact) mass is 456 g/mol. The second-order valence-electron chi connectivity index (χ2n) is 9.60. The number of hydrogen-bond donors (Lipinski definition) is 1. The van der Waals surface area contributed by atoms with Crippen LogP contribution in [0, 0.1) is 5.92 Å². The van der Waals surface area contributed by atoms with Crippen LogP contribution in [0.1, 0.15) is 75.3 Å². The van der Waals surface area contributed by atoms with E-state index in [9.17, 15) is 14.4 Å². The molecule has 0 radical (unpaired) electrons. The molecule has 3 aliphatic rings. The number of hydrogen-bond acceptors (Lipinski definition) is 5. The van der Waals surface area contributed by atoms with Crippen molar-refractivity contribution in [1.29, 1.82) is 0 Å². The number of rotatable bonds is 2. The van der Waals surface area contributed by atoms with E-state index in [1.54, 1.807) is 4.90 Å². The van der Waals surface area contributed by atoms with Gasteiger partial charge < -0.3 is 19.7 Å². The fourth-order valence-electron chi connectivity index (χ4n) is 5.43. The van der Waals surface area contributed by atoms with Crippen LogP contribution >= 0.6 is 0 Å². The summed E-state index contributed by atoms with van der Waals surface area (Å²) in [5, 5.41) is 3.08. The Hall–Kier alpha value is -2.57. The van der Waals surface area contributed by atoms with E-state index in [1.807, 2.05) is 18.2 Å². The normalized spacial score (nSPS) is 25.3. The first-order valence-electron chi connectivity index (χ1n) is 12.5. The quantitative estimate of drug-likeness (QED) is 0.689. The third kappa shape index (κ3) is 5.68. The van der Waals surface area contributed by atoms with Crippen molar-refractivity contribution in [2.24, 2.45) is 5.92 Å². The Bertz CT molecular complexity index is 864. The topological polar surface area (TPSA) is 84.9 Å². The summed E-state index contributed by atoms with van der Waals surface area (Å²) in [5.41, 5.74) is 2.02. The smallest absolute Gasteiger partial charge is 0.328 e. The molecule has 7 heteroatoms. The molecule has 1 fully saturated rings. The predicted octanol–water partition coefficient (Wildman–Crippen LogP) is 3.52. The Morgan fingerprint density at radius 3 is 2.58 bits per heavy atom. The summed E-state index contributed by atoms with van der Waals surface area (Å²) < 4.78 is 11.0. The fraction of sp³-hybridized carbons (Fsp3) is 0.654. The number of carbonyl (C=O) groups is 3. The summed E-state index contributed by atoms with van der Waals surface area (Å²) in [7, 11) is 1.36. The molecule has 1 aliphatic carbocycles. The summed E-state index contributed by atoms with van der Waals surface area (Å²) in [6, 6.07) is 4.64. The first-order chi connectivity index (χ1) is 16.1. The third-order valence-corrected chi connectivity index (χ3v) is 7.33. The van der Waals surface area contributed by atoms with Gasteiger partial charge in [0.05, 0.1) is 13.7 Å².